The van der Waals surface area contributed by atoms with Crippen molar-refractivity contribution in [2.45, 2.75) is 0 Å². The summed E-state index contributed by atoms with van der Waals surface area (Å²) in [6.07, 6.45) is 0. The van der Waals surface area contributed by atoms with Crippen molar-refractivity contribution in [1.29, 1.82) is 0 Å². The number of halogens is 1. The van der Waals surface area contributed by atoms with Gasteiger partial charge in [0.25, 0.3) is 0 Å². The Balaban J connectivity index is 0.000000810. The van der Waals surface area contributed by atoms with Gasteiger partial charge in [0, 0.05) is 0 Å². The summed E-state index contributed by atoms with van der Waals surface area (Å²) in [7, 11) is 0. The molecule has 0 saturated heterocycles. The molecule has 0 spiro atoms. The lowest BCUT2D eigenvalue weighted by Gasteiger charge is -1.59. The molecule has 1 rings (SSSR count). The maximum Gasteiger partial charge on any atom is -0.00937 e. The Morgan fingerprint density at radius 1 is 0.600 bits per heavy atom. The van der Waals surface area contributed by atoms with E-state index >= 15 is 0 Å². The van der Waals surface area contributed by atoms with Crippen LogP contribution in [0.5, 0.6) is 0 Å². The van der Waals surface area contributed by atoms with Crippen LogP contribution in [-0.2, 0) is 0 Å². The van der Waals surface area contributed by atoms with Crippen LogP contribution >= 0.6 is 11.3 Å². The van der Waals surface area contributed by atoms with Gasteiger partial charge >= 0.3 is 0 Å². The van der Waals surface area contributed by atoms with Crippen molar-refractivity contribution < 1.29 is 12.4 Å². The van der Waals surface area contributed by atoms with Crippen LogP contribution in [0.4, 0.5) is 0 Å². The highest BCUT2D eigenvalue weighted by molar-refractivity contribution is 7.07. The molecule has 0 atom stereocenters. The molecule has 0 aliphatic rings. The van der Waals surface area contributed by atoms with E-state index in [4.69, 9.17) is 0 Å². The van der Waals surface area contributed by atoms with E-state index < -0.39 is 0 Å². The van der Waals surface area contributed by atoms with Crippen molar-refractivity contribution in [3.63, 3.8) is 0 Å². The van der Waals surface area contributed by atoms with Gasteiger partial charge in [-0.1, -0.05) is 36.4 Å². The molecule has 0 bridgehead atoms. The summed E-state index contributed by atoms with van der Waals surface area (Å²) in [5.74, 6) is 0. The summed E-state index contributed by atoms with van der Waals surface area (Å²) in [5, 5.41) is 4.08. The summed E-state index contributed by atoms with van der Waals surface area (Å²) in [6, 6.07) is 12.1. The van der Waals surface area contributed by atoms with Crippen molar-refractivity contribution in [3.05, 3.63) is 47.2 Å². The minimum Gasteiger partial charge on any atom is -1.00 e. The molecular weight excluding hydrogens is 164 g/mol. The van der Waals surface area contributed by atoms with Crippen LogP contribution < -0.4 is 12.4 Å². The van der Waals surface area contributed by atoms with Gasteiger partial charge in [0.05, 0.1) is 0 Å². The minimum atomic E-state index is 0. The lowest BCUT2D eigenvalue weighted by atomic mass is 10.5. The van der Waals surface area contributed by atoms with E-state index in [-0.39, 0.29) is 12.4 Å². The fourth-order valence-electron chi connectivity index (χ4n) is 0.483. The minimum absolute atomic E-state index is 0. The van der Waals surface area contributed by atoms with Gasteiger partial charge in [-0.25, -0.2) is 0 Å². The number of rotatable bonds is 0. The van der Waals surface area contributed by atoms with Crippen LogP contribution in [0, 0.1) is 0 Å². The van der Waals surface area contributed by atoms with Crippen LogP contribution in [0.1, 0.15) is 0 Å². The third-order valence-corrected chi connectivity index (χ3v) is 1.50. The molecule has 0 aliphatic carbocycles. The fraction of sp³-hybridized carbons (Fsp3) is 0. The Bertz CT molecular complexity index is 131. The van der Waals surface area contributed by atoms with Crippen LogP contribution in [0.3, 0.4) is 0 Å². The molecule has 0 unspecified atom stereocenters. The lowest BCUT2D eigenvalue weighted by Crippen LogP contribution is -3.00. The van der Waals surface area contributed by atoms with E-state index in [2.05, 4.69) is 0 Å². The summed E-state index contributed by atoms with van der Waals surface area (Å²) in [5.41, 5.74) is 0. The normalized spacial score (nSPS) is 7.20. The molecule has 10 heavy (non-hydrogen) atoms. The maximum absolute atomic E-state index is 2.04. The van der Waals surface area contributed by atoms with Crippen LogP contribution in [-0.4, -0.2) is 0 Å². The Kier molecular flexibility index (Phi) is 6.24. The summed E-state index contributed by atoms with van der Waals surface area (Å²) < 4.78 is 0. The molecule has 1 aromatic heterocycles. The van der Waals surface area contributed by atoms with Gasteiger partial charge in [0.15, 0.2) is 0 Å². The molecule has 0 aromatic carbocycles. The van der Waals surface area contributed by atoms with E-state index in [1.54, 1.807) is 11.3 Å². The zero-order valence-corrected chi connectivity index (χ0v) is 6.98. The van der Waals surface area contributed by atoms with Crippen molar-refractivity contribution in [2.24, 2.45) is 0 Å². The van der Waals surface area contributed by atoms with E-state index in [0.717, 1.165) is 0 Å². The molecule has 0 aliphatic heterocycles. The first-order valence-corrected chi connectivity index (χ1v) is 3.75. The SMILES string of the molecule is [Cl-].c1ccccsccc1. The van der Waals surface area contributed by atoms with Gasteiger partial charge in [-0.05, 0) is 10.8 Å². The lowest BCUT2D eigenvalue weighted by molar-refractivity contribution is -0.00000174. The van der Waals surface area contributed by atoms with Crippen LogP contribution in [0.15, 0.2) is 47.2 Å². The first kappa shape index (κ1) is 9.47. The molecule has 0 amide bonds. The van der Waals surface area contributed by atoms with Crippen LogP contribution in [0.2, 0.25) is 0 Å². The third kappa shape index (κ3) is 4.36. The Hall–Kier alpha value is -0.530. The fourth-order valence-corrected chi connectivity index (χ4v) is 0.937. The molecule has 0 fully saturated rings. The second kappa shape index (κ2) is 6.59. The molecule has 0 N–H and O–H groups in total. The number of hydrogen-bond acceptors (Lipinski definition) is 1. The second-order valence-corrected chi connectivity index (χ2v) is 2.38. The molecule has 0 saturated carbocycles. The van der Waals surface area contributed by atoms with Crippen LogP contribution in [0.25, 0.3) is 0 Å². The van der Waals surface area contributed by atoms with Gasteiger partial charge in [-0.2, -0.15) is 11.3 Å². The van der Waals surface area contributed by atoms with E-state index in [0.29, 0.717) is 0 Å². The Morgan fingerprint density at radius 2 is 1.00 bits per heavy atom. The molecular formula is C8H8ClS-. The second-order valence-electron chi connectivity index (χ2n) is 1.56. The summed E-state index contributed by atoms with van der Waals surface area (Å²) in [4.78, 5) is 0. The first-order chi connectivity index (χ1) is 4.50. The quantitative estimate of drug-likeness (QED) is 0.511. The van der Waals surface area contributed by atoms with Gasteiger partial charge in [-0.15, -0.1) is 0 Å². The topological polar surface area (TPSA) is 0 Å². The Morgan fingerprint density at radius 3 is 1.50 bits per heavy atom. The number of hydrogen-bond donors (Lipinski definition) is 0. The Labute approximate surface area is 71.3 Å². The molecule has 0 nitrogen and oxygen atoms in total. The smallest absolute Gasteiger partial charge is 0.00937 e. The predicted molar refractivity (Wildman–Crippen MR) is 41.9 cm³/mol. The third-order valence-electron chi connectivity index (χ3n) is 0.870. The summed E-state index contributed by atoms with van der Waals surface area (Å²) >= 11 is 1.68. The highest BCUT2D eigenvalue weighted by Gasteiger charge is 1.58. The van der Waals surface area contributed by atoms with E-state index in [1.807, 2.05) is 47.2 Å². The zero-order valence-electron chi connectivity index (χ0n) is 5.41. The van der Waals surface area contributed by atoms with Crippen molar-refractivity contribution in [3.8, 4) is 0 Å². The van der Waals surface area contributed by atoms with Crippen molar-refractivity contribution in [1.82, 2.24) is 0 Å². The molecule has 1 heterocycles. The van der Waals surface area contributed by atoms with Gasteiger partial charge in [-0.3, -0.25) is 0 Å². The van der Waals surface area contributed by atoms with E-state index in [1.165, 1.54) is 0 Å². The van der Waals surface area contributed by atoms with Crippen molar-refractivity contribution in [2.75, 3.05) is 0 Å². The molecule has 0 radical (unpaired) electrons. The first-order valence-electron chi connectivity index (χ1n) is 2.80. The molecule has 1 aromatic rings. The van der Waals surface area contributed by atoms with Gasteiger partial charge in [0.2, 0.25) is 0 Å². The van der Waals surface area contributed by atoms with Gasteiger partial charge < -0.3 is 12.4 Å². The molecule has 2 heteroatoms. The average Bonchev–Trinajstić information content (AvgIpc) is 2.00. The monoisotopic (exact) mass is 171 g/mol. The average molecular weight is 172 g/mol. The van der Waals surface area contributed by atoms with Crippen molar-refractivity contribution >= 4 is 11.3 Å². The standard InChI is InChI=1S/C8H8S.ClH/c1-2-4-6-8-9-7-5-3-1;/h1-8H;1H/p-1. The molecule has 54 valence electrons. The van der Waals surface area contributed by atoms with E-state index in [9.17, 15) is 0 Å². The summed E-state index contributed by atoms with van der Waals surface area (Å²) in [6.45, 7) is 0. The maximum atomic E-state index is 2.04. The largest absolute Gasteiger partial charge is 1.00 e. The highest BCUT2D eigenvalue weighted by atomic mass is 35.5. The highest BCUT2D eigenvalue weighted by Crippen LogP contribution is 1.88. The van der Waals surface area contributed by atoms with Gasteiger partial charge in [0.1, 0.15) is 0 Å². The zero-order chi connectivity index (χ0) is 6.36. The predicted octanol–water partition coefficient (Wildman–Crippen LogP) is -0.123.